The Morgan fingerprint density at radius 1 is 1.27 bits per heavy atom. The fourth-order valence-corrected chi connectivity index (χ4v) is 3.60. The van der Waals surface area contributed by atoms with Gasteiger partial charge in [-0.1, -0.05) is 0 Å². The third kappa shape index (κ3) is 3.29. The van der Waals surface area contributed by atoms with Crippen LogP contribution in [0.15, 0.2) is 18.5 Å². The summed E-state index contributed by atoms with van der Waals surface area (Å²) in [6.45, 7) is 5.42. The van der Waals surface area contributed by atoms with E-state index in [2.05, 4.69) is 15.0 Å². The minimum Gasteiger partial charge on any atom is -0.368 e. The van der Waals surface area contributed by atoms with E-state index in [1.807, 2.05) is 24.9 Å². The lowest BCUT2D eigenvalue weighted by atomic mass is 10.1. The molecule has 2 aliphatic heterocycles. The van der Waals surface area contributed by atoms with E-state index < -0.39 is 0 Å². The number of anilines is 1. The predicted molar refractivity (Wildman–Crippen MR) is 96.0 cm³/mol. The first-order chi connectivity index (χ1) is 12.6. The van der Waals surface area contributed by atoms with Gasteiger partial charge in [0.05, 0.1) is 30.1 Å². The van der Waals surface area contributed by atoms with Gasteiger partial charge in [0.25, 0.3) is 5.91 Å². The summed E-state index contributed by atoms with van der Waals surface area (Å²) in [6.07, 6.45) is 5.69. The lowest BCUT2D eigenvalue weighted by molar-refractivity contribution is -0.0247. The van der Waals surface area contributed by atoms with Gasteiger partial charge in [-0.05, 0) is 25.8 Å². The molecule has 4 rings (SSSR count). The highest BCUT2D eigenvalue weighted by Gasteiger charge is 2.29. The molecule has 2 fully saturated rings. The predicted octanol–water partition coefficient (Wildman–Crippen LogP) is 1.33. The molecular weight excluding hydrogens is 332 g/mol. The first kappa shape index (κ1) is 17.0. The number of ether oxygens (including phenoxy) is 1. The van der Waals surface area contributed by atoms with Crippen LogP contribution in [0.4, 0.5) is 5.95 Å². The molecule has 8 heteroatoms. The molecule has 0 aromatic carbocycles. The number of carbonyl (C=O) groups excluding carboxylic acids is 1. The van der Waals surface area contributed by atoms with Crippen molar-refractivity contribution in [3.05, 3.63) is 35.4 Å². The number of nitrogens with zero attached hydrogens (tertiary/aromatic N) is 6. The quantitative estimate of drug-likeness (QED) is 0.826. The van der Waals surface area contributed by atoms with E-state index in [1.54, 1.807) is 17.1 Å². The maximum Gasteiger partial charge on any atom is 0.257 e. The van der Waals surface area contributed by atoms with Crippen molar-refractivity contribution >= 4 is 11.9 Å². The largest absolute Gasteiger partial charge is 0.368 e. The van der Waals surface area contributed by atoms with E-state index in [0.717, 1.165) is 30.4 Å². The van der Waals surface area contributed by atoms with Crippen molar-refractivity contribution in [2.45, 2.75) is 25.9 Å². The normalized spacial score (nSPS) is 20.6. The molecule has 0 unspecified atom stereocenters. The van der Waals surface area contributed by atoms with E-state index in [4.69, 9.17) is 9.72 Å². The monoisotopic (exact) mass is 356 g/mol. The van der Waals surface area contributed by atoms with Crippen LogP contribution in [0.25, 0.3) is 0 Å². The minimum atomic E-state index is -0.228. The Bertz CT molecular complexity index is 799. The lowest BCUT2D eigenvalue weighted by Crippen LogP contribution is -2.42. The van der Waals surface area contributed by atoms with Crippen LogP contribution in [0.2, 0.25) is 0 Å². The summed E-state index contributed by atoms with van der Waals surface area (Å²) < 4.78 is 7.58. The summed E-state index contributed by atoms with van der Waals surface area (Å²) in [5.74, 6) is 0.757. The summed E-state index contributed by atoms with van der Waals surface area (Å²) >= 11 is 0. The van der Waals surface area contributed by atoms with Crippen LogP contribution in [0.5, 0.6) is 0 Å². The Morgan fingerprint density at radius 3 is 2.81 bits per heavy atom. The van der Waals surface area contributed by atoms with Crippen molar-refractivity contribution < 1.29 is 9.53 Å². The molecule has 2 saturated heterocycles. The zero-order valence-corrected chi connectivity index (χ0v) is 15.3. The molecule has 4 heterocycles. The summed E-state index contributed by atoms with van der Waals surface area (Å²) in [6, 6.07) is 1.88. The number of carbonyl (C=O) groups is 1. The zero-order chi connectivity index (χ0) is 18.1. The molecule has 2 aliphatic rings. The number of amides is 1. The highest BCUT2D eigenvalue weighted by molar-refractivity contribution is 5.95. The van der Waals surface area contributed by atoms with E-state index in [0.29, 0.717) is 25.3 Å². The van der Waals surface area contributed by atoms with Crippen LogP contribution in [0, 0.1) is 6.92 Å². The molecule has 138 valence electrons. The number of hydrogen-bond donors (Lipinski definition) is 0. The average molecular weight is 356 g/mol. The highest BCUT2D eigenvalue weighted by Crippen LogP contribution is 2.24. The molecule has 2 aromatic rings. The number of rotatable bonds is 3. The van der Waals surface area contributed by atoms with Crippen LogP contribution in [-0.2, 0) is 11.8 Å². The third-order valence-corrected chi connectivity index (χ3v) is 4.98. The number of aryl methyl sites for hydroxylation is 2. The van der Waals surface area contributed by atoms with Gasteiger partial charge >= 0.3 is 0 Å². The molecule has 2 aromatic heterocycles. The fourth-order valence-electron chi connectivity index (χ4n) is 3.60. The topological polar surface area (TPSA) is 76.4 Å². The van der Waals surface area contributed by atoms with Crippen LogP contribution in [0.1, 0.15) is 40.7 Å². The van der Waals surface area contributed by atoms with Crippen molar-refractivity contribution in [2.75, 3.05) is 37.7 Å². The number of morpholine rings is 1. The van der Waals surface area contributed by atoms with Crippen molar-refractivity contribution in [1.82, 2.24) is 24.6 Å². The van der Waals surface area contributed by atoms with Crippen molar-refractivity contribution in [2.24, 2.45) is 7.05 Å². The lowest BCUT2D eigenvalue weighted by Gasteiger charge is -2.32. The van der Waals surface area contributed by atoms with E-state index in [9.17, 15) is 4.79 Å². The minimum absolute atomic E-state index is 0.00211. The third-order valence-electron chi connectivity index (χ3n) is 4.98. The first-order valence-corrected chi connectivity index (χ1v) is 9.11. The molecule has 8 nitrogen and oxygen atoms in total. The molecule has 0 spiro atoms. The molecule has 1 amide bonds. The van der Waals surface area contributed by atoms with Crippen LogP contribution in [-0.4, -0.2) is 63.3 Å². The fraction of sp³-hybridized carbons (Fsp3) is 0.556. The van der Waals surface area contributed by atoms with Gasteiger partial charge in [-0.2, -0.15) is 5.10 Å². The summed E-state index contributed by atoms with van der Waals surface area (Å²) in [4.78, 5) is 26.0. The number of hydrogen-bond acceptors (Lipinski definition) is 6. The van der Waals surface area contributed by atoms with E-state index in [1.165, 1.54) is 12.8 Å². The Hall–Kier alpha value is -2.48. The van der Waals surface area contributed by atoms with Crippen LogP contribution in [0.3, 0.4) is 0 Å². The molecule has 0 bridgehead atoms. The molecule has 0 saturated carbocycles. The second kappa shape index (κ2) is 7.03. The van der Waals surface area contributed by atoms with E-state index in [-0.39, 0.29) is 12.0 Å². The smallest absolute Gasteiger partial charge is 0.257 e. The Kier molecular flexibility index (Phi) is 4.58. The summed E-state index contributed by atoms with van der Waals surface area (Å²) in [7, 11) is 1.83. The Labute approximate surface area is 152 Å². The average Bonchev–Trinajstić information content (AvgIpc) is 3.31. The standard InChI is InChI=1S/C18H24N6O2/c1-13-14(11-22(2)21-13)17(25)24-9-10-26-16(12-24)15-5-6-19-18(20-15)23-7-3-4-8-23/h5-6,11,16H,3-4,7-10,12H2,1-2H3/t16-/m0/s1. The highest BCUT2D eigenvalue weighted by atomic mass is 16.5. The van der Waals surface area contributed by atoms with Crippen LogP contribution < -0.4 is 4.90 Å². The molecule has 0 N–H and O–H groups in total. The summed E-state index contributed by atoms with van der Waals surface area (Å²) in [5, 5.41) is 4.27. The van der Waals surface area contributed by atoms with Gasteiger partial charge in [-0.15, -0.1) is 0 Å². The summed E-state index contributed by atoms with van der Waals surface area (Å²) in [5.41, 5.74) is 2.23. The van der Waals surface area contributed by atoms with Crippen molar-refractivity contribution in [1.29, 1.82) is 0 Å². The Balaban J connectivity index is 1.51. The van der Waals surface area contributed by atoms with Gasteiger partial charge < -0.3 is 14.5 Å². The number of aromatic nitrogens is 4. The maximum atomic E-state index is 12.9. The van der Waals surface area contributed by atoms with E-state index >= 15 is 0 Å². The molecule has 0 radical (unpaired) electrons. The molecule has 1 atom stereocenters. The van der Waals surface area contributed by atoms with Gasteiger partial charge in [-0.3, -0.25) is 9.48 Å². The van der Waals surface area contributed by atoms with Gasteiger partial charge in [0, 0.05) is 39.1 Å². The zero-order valence-electron chi connectivity index (χ0n) is 15.3. The Morgan fingerprint density at radius 2 is 2.08 bits per heavy atom. The van der Waals surface area contributed by atoms with Gasteiger partial charge in [-0.25, -0.2) is 9.97 Å². The molecular formula is C18H24N6O2. The van der Waals surface area contributed by atoms with Crippen molar-refractivity contribution in [3.63, 3.8) is 0 Å². The second-order valence-electron chi connectivity index (χ2n) is 6.89. The molecule has 26 heavy (non-hydrogen) atoms. The first-order valence-electron chi connectivity index (χ1n) is 9.11. The molecule has 0 aliphatic carbocycles. The second-order valence-corrected chi connectivity index (χ2v) is 6.89. The van der Waals surface area contributed by atoms with Crippen molar-refractivity contribution in [3.8, 4) is 0 Å². The van der Waals surface area contributed by atoms with Gasteiger partial charge in [0.15, 0.2) is 0 Å². The SMILES string of the molecule is Cc1nn(C)cc1C(=O)N1CCO[C@H](c2ccnc(N3CCCC3)n2)C1. The van der Waals surface area contributed by atoms with Crippen LogP contribution >= 0.6 is 0 Å². The van der Waals surface area contributed by atoms with Gasteiger partial charge in [0.2, 0.25) is 5.95 Å². The van der Waals surface area contributed by atoms with Gasteiger partial charge in [0.1, 0.15) is 6.10 Å². The maximum absolute atomic E-state index is 12.9.